The first-order valence-electron chi connectivity index (χ1n) is 7.29. The normalized spacial score (nSPS) is 16.4. The molecule has 21 heavy (non-hydrogen) atoms. The summed E-state index contributed by atoms with van der Waals surface area (Å²) < 4.78 is 5.55. The highest BCUT2D eigenvalue weighted by atomic mass is 16.4. The zero-order chi connectivity index (χ0) is 15.6. The molecule has 1 amide bonds. The second-order valence-corrected chi connectivity index (χ2v) is 5.68. The quantitative estimate of drug-likeness (QED) is 0.386. The Morgan fingerprint density at radius 1 is 1.33 bits per heavy atom. The molecule has 0 aromatic carbocycles. The van der Waals surface area contributed by atoms with E-state index in [4.69, 9.17) is 15.4 Å². The molecule has 6 nitrogen and oxygen atoms in total. The summed E-state index contributed by atoms with van der Waals surface area (Å²) in [6.07, 6.45) is 4.12. The van der Waals surface area contributed by atoms with Crippen molar-refractivity contribution in [1.82, 2.24) is 4.90 Å². The maximum absolute atomic E-state index is 12.9. The van der Waals surface area contributed by atoms with Crippen LogP contribution in [0.5, 0.6) is 0 Å². The number of oxime groups is 1. The number of carbonyl (C=O) groups is 1. The first kappa shape index (κ1) is 15.4. The van der Waals surface area contributed by atoms with Crippen molar-refractivity contribution in [3.05, 3.63) is 22.6 Å². The Morgan fingerprint density at radius 2 is 1.95 bits per heavy atom. The van der Waals surface area contributed by atoms with Crippen LogP contribution in [0.1, 0.15) is 53.1 Å². The number of furan rings is 1. The lowest BCUT2D eigenvalue weighted by atomic mass is 10.1. The molecule has 1 aromatic heterocycles. The molecule has 0 unspecified atom stereocenters. The van der Waals surface area contributed by atoms with Crippen LogP contribution in [0.3, 0.4) is 0 Å². The van der Waals surface area contributed by atoms with E-state index in [0.29, 0.717) is 11.3 Å². The van der Waals surface area contributed by atoms with Gasteiger partial charge in [-0.3, -0.25) is 4.79 Å². The number of carbonyl (C=O) groups excluding carboxylic acids is 1. The molecule has 2 rings (SSSR count). The monoisotopic (exact) mass is 293 g/mol. The minimum Gasteiger partial charge on any atom is -0.466 e. The molecule has 1 aliphatic carbocycles. The summed E-state index contributed by atoms with van der Waals surface area (Å²) in [6, 6.07) is 0.145. The molecule has 0 spiro atoms. The summed E-state index contributed by atoms with van der Waals surface area (Å²) in [5.41, 5.74) is 7.08. The first-order chi connectivity index (χ1) is 9.95. The molecule has 116 valence electrons. The summed E-state index contributed by atoms with van der Waals surface area (Å²) in [7, 11) is 0. The highest BCUT2D eigenvalue weighted by Crippen LogP contribution is 2.28. The predicted octanol–water partition coefficient (Wildman–Crippen LogP) is 2.34. The molecule has 1 fully saturated rings. The molecule has 0 radical (unpaired) electrons. The third kappa shape index (κ3) is 3.04. The number of nitrogens with zero attached hydrogens (tertiary/aromatic N) is 2. The van der Waals surface area contributed by atoms with Gasteiger partial charge in [0.25, 0.3) is 5.91 Å². The van der Waals surface area contributed by atoms with Crippen LogP contribution in [-0.2, 0) is 0 Å². The molecular weight excluding hydrogens is 270 g/mol. The number of amides is 1. The summed E-state index contributed by atoms with van der Waals surface area (Å²) in [5.74, 6) is 1.33. The fourth-order valence-corrected chi connectivity index (χ4v) is 3.04. The first-order valence-corrected chi connectivity index (χ1v) is 7.29. The topological polar surface area (TPSA) is 92.1 Å². The Kier molecular flexibility index (Phi) is 4.55. The number of hydrogen-bond donors (Lipinski definition) is 2. The minimum atomic E-state index is -0.0969. The van der Waals surface area contributed by atoms with Crippen LogP contribution in [0.4, 0.5) is 0 Å². The summed E-state index contributed by atoms with van der Waals surface area (Å²) >= 11 is 0. The zero-order valence-electron chi connectivity index (χ0n) is 12.8. The molecule has 1 heterocycles. The van der Waals surface area contributed by atoms with Gasteiger partial charge in [0.05, 0.1) is 12.1 Å². The standard InChI is InChI=1S/C15H23N3O3/c1-9-10(2)21-11(3)14(9)15(19)18(8-13(16)17-20)12-6-4-5-7-12/h12,20H,4-8H2,1-3H3,(H2,16,17). The number of hydrogen-bond acceptors (Lipinski definition) is 4. The van der Waals surface area contributed by atoms with Crippen molar-refractivity contribution in [3.8, 4) is 0 Å². The van der Waals surface area contributed by atoms with Gasteiger partial charge in [-0.05, 0) is 33.6 Å². The average Bonchev–Trinajstić information content (AvgIpc) is 3.05. The van der Waals surface area contributed by atoms with E-state index in [2.05, 4.69) is 5.16 Å². The number of amidine groups is 1. The predicted molar refractivity (Wildman–Crippen MR) is 79.6 cm³/mol. The Bertz CT molecular complexity index is 557. The van der Waals surface area contributed by atoms with Crippen molar-refractivity contribution in [1.29, 1.82) is 0 Å². The van der Waals surface area contributed by atoms with Gasteiger partial charge in [-0.1, -0.05) is 18.0 Å². The van der Waals surface area contributed by atoms with Crippen molar-refractivity contribution in [2.75, 3.05) is 6.54 Å². The lowest BCUT2D eigenvalue weighted by Crippen LogP contribution is -2.44. The van der Waals surface area contributed by atoms with Gasteiger partial charge in [-0.2, -0.15) is 0 Å². The molecule has 6 heteroatoms. The highest BCUT2D eigenvalue weighted by molar-refractivity contribution is 5.99. The molecule has 1 aliphatic rings. The third-order valence-electron chi connectivity index (χ3n) is 4.26. The van der Waals surface area contributed by atoms with E-state index in [1.54, 1.807) is 11.8 Å². The van der Waals surface area contributed by atoms with Crippen LogP contribution in [0.2, 0.25) is 0 Å². The van der Waals surface area contributed by atoms with Gasteiger partial charge in [-0.15, -0.1) is 0 Å². The Labute approximate surface area is 124 Å². The van der Waals surface area contributed by atoms with Gasteiger partial charge in [0.2, 0.25) is 0 Å². The number of rotatable bonds is 4. The summed E-state index contributed by atoms with van der Waals surface area (Å²) in [5, 5.41) is 11.8. The lowest BCUT2D eigenvalue weighted by molar-refractivity contribution is 0.0710. The lowest BCUT2D eigenvalue weighted by Gasteiger charge is -2.28. The van der Waals surface area contributed by atoms with E-state index in [9.17, 15) is 4.79 Å². The van der Waals surface area contributed by atoms with E-state index in [1.807, 2.05) is 13.8 Å². The Balaban J connectivity index is 2.33. The Hall–Kier alpha value is -1.98. The van der Waals surface area contributed by atoms with Crippen molar-refractivity contribution in [2.24, 2.45) is 10.9 Å². The third-order valence-corrected chi connectivity index (χ3v) is 4.26. The Morgan fingerprint density at radius 3 is 2.43 bits per heavy atom. The molecule has 0 aliphatic heterocycles. The van der Waals surface area contributed by atoms with Crippen molar-refractivity contribution in [3.63, 3.8) is 0 Å². The second kappa shape index (κ2) is 6.20. The SMILES string of the molecule is Cc1oc(C)c(C(=O)N(CC(N)=NO)C2CCCC2)c1C. The van der Waals surface area contributed by atoms with Crippen LogP contribution in [0, 0.1) is 20.8 Å². The van der Waals surface area contributed by atoms with Gasteiger partial charge in [0, 0.05) is 11.6 Å². The maximum atomic E-state index is 12.9. The molecule has 1 saturated carbocycles. The zero-order valence-corrected chi connectivity index (χ0v) is 12.8. The summed E-state index contributed by atoms with van der Waals surface area (Å²) in [4.78, 5) is 14.6. The second-order valence-electron chi connectivity index (χ2n) is 5.68. The highest BCUT2D eigenvalue weighted by Gasteiger charge is 2.31. The van der Waals surface area contributed by atoms with Crippen molar-refractivity contribution in [2.45, 2.75) is 52.5 Å². The van der Waals surface area contributed by atoms with Crippen LogP contribution < -0.4 is 5.73 Å². The molecule has 0 atom stereocenters. The van der Waals surface area contributed by atoms with Gasteiger partial charge >= 0.3 is 0 Å². The maximum Gasteiger partial charge on any atom is 0.258 e. The van der Waals surface area contributed by atoms with Gasteiger partial charge < -0.3 is 20.3 Å². The fourth-order valence-electron chi connectivity index (χ4n) is 3.04. The molecule has 1 aromatic rings. The van der Waals surface area contributed by atoms with Crippen LogP contribution in [-0.4, -0.2) is 34.4 Å². The largest absolute Gasteiger partial charge is 0.466 e. The van der Waals surface area contributed by atoms with E-state index >= 15 is 0 Å². The molecule has 0 bridgehead atoms. The fraction of sp³-hybridized carbons (Fsp3) is 0.600. The van der Waals surface area contributed by atoms with Crippen LogP contribution >= 0.6 is 0 Å². The minimum absolute atomic E-state index is 0.0470. The van der Waals surface area contributed by atoms with Crippen LogP contribution in [0.15, 0.2) is 9.57 Å². The summed E-state index contributed by atoms with van der Waals surface area (Å²) in [6.45, 7) is 5.67. The van der Waals surface area contributed by atoms with E-state index in [0.717, 1.165) is 37.0 Å². The van der Waals surface area contributed by atoms with E-state index in [-0.39, 0.29) is 24.3 Å². The van der Waals surface area contributed by atoms with E-state index < -0.39 is 0 Å². The van der Waals surface area contributed by atoms with Crippen molar-refractivity contribution >= 4 is 11.7 Å². The van der Waals surface area contributed by atoms with Crippen molar-refractivity contribution < 1.29 is 14.4 Å². The molecule has 3 N–H and O–H groups in total. The van der Waals surface area contributed by atoms with Gasteiger partial charge in [0.15, 0.2) is 5.84 Å². The molecule has 0 saturated heterocycles. The number of nitrogens with two attached hydrogens (primary N) is 1. The number of aryl methyl sites for hydroxylation is 2. The molecular formula is C15H23N3O3. The van der Waals surface area contributed by atoms with E-state index in [1.165, 1.54) is 0 Å². The average molecular weight is 293 g/mol. The smallest absolute Gasteiger partial charge is 0.258 e. The van der Waals surface area contributed by atoms with Gasteiger partial charge in [0.1, 0.15) is 11.5 Å². The van der Waals surface area contributed by atoms with Gasteiger partial charge in [-0.25, -0.2) is 0 Å². The van der Waals surface area contributed by atoms with Crippen LogP contribution in [0.25, 0.3) is 0 Å².